The number of carbonyl (C=O) groups is 3. The molecule has 140 valence electrons. The third kappa shape index (κ3) is 2.19. The lowest BCUT2D eigenvalue weighted by Crippen LogP contribution is -2.50. The maximum atomic E-state index is 13.4. The Bertz CT molecular complexity index is 1030. The summed E-state index contributed by atoms with van der Waals surface area (Å²) in [4.78, 5) is 39.4. The lowest BCUT2D eigenvalue weighted by molar-refractivity contribution is -0.144. The van der Waals surface area contributed by atoms with Crippen molar-refractivity contribution in [3.63, 3.8) is 0 Å². The largest absolute Gasteiger partial charge is 0.299 e. The van der Waals surface area contributed by atoms with Crippen LogP contribution in [0.3, 0.4) is 0 Å². The average Bonchev–Trinajstić information content (AvgIpc) is 3.02. The van der Waals surface area contributed by atoms with Gasteiger partial charge in [-0.05, 0) is 29.5 Å². The van der Waals surface area contributed by atoms with E-state index in [1.54, 1.807) is 6.92 Å². The molecule has 3 aliphatic carbocycles. The molecule has 1 saturated carbocycles. The number of rotatable bonds is 1. The van der Waals surface area contributed by atoms with Crippen LogP contribution in [-0.2, 0) is 9.59 Å². The van der Waals surface area contributed by atoms with Gasteiger partial charge in [0.2, 0.25) is 0 Å². The lowest BCUT2D eigenvalue weighted by Gasteiger charge is -2.45. The molecule has 0 saturated heterocycles. The minimum absolute atomic E-state index is 0.0130. The van der Waals surface area contributed by atoms with E-state index in [9.17, 15) is 14.4 Å². The van der Waals surface area contributed by atoms with E-state index in [1.165, 1.54) is 0 Å². The van der Waals surface area contributed by atoms with Crippen LogP contribution < -0.4 is 0 Å². The van der Waals surface area contributed by atoms with Crippen LogP contribution in [0.25, 0.3) is 5.57 Å². The molecule has 0 heterocycles. The van der Waals surface area contributed by atoms with Crippen molar-refractivity contribution in [3.05, 3.63) is 77.4 Å². The predicted molar refractivity (Wildman–Crippen MR) is 107 cm³/mol. The van der Waals surface area contributed by atoms with E-state index in [-0.39, 0.29) is 46.9 Å². The Morgan fingerprint density at radius 2 is 1.36 bits per heavy atom. The van der Waals surface area contributed by atoms with Crippen LogP contribution in [0.2, 0.25) is 0 Å². The van der Waals surface area contributed by atoms with Gasteiger partial charge >= 0.3 is 0 Å². The molecular weight excluding hydrogens is 348 g/mol. The number of ketones is 3. The Labute approximate surface area is 164 Å². The van der Waals surface area contributed by atoms with Crippen molar-refractivity contribution in [2.24, 2.45) is 29.6 Å². The molecule has 0 N–H and O–H groups in total. The van der Waals surface area contributed by atoms with E-state index in [2.05, 4.69) is 6.08 Å². The number of Topliss-reactive ketones (excluding diaryl/α,β-unsaturated/α-hetero) is 3. The first-order valence-electron chi connectivity index (χ1n) is 9.98. The number of allylic oxidation sites excluding steroid dienone is 2. The number of carbonyl (C=O) groups excluding carboxylic acids is 3. The summed E-state index contributed by atoms with van der Waals surface area (Å²) in [6, 6.07) is 17.6. The molecule has 2 aromatic rings. The van der Waals surface area contributed by atoms with E-state index in [4.69, 9.17) is 0 Å². The smallest absolute Gasteiger partial charge is 0.171 e. The second kappa shape index (κ2) is 6.10. The van der Waals surface area contributed by atoms with Gasteiger partial charge in [0.15, 0.2) is 5.78 Å². The second-order valence-electron chi connectivity index (χ2n) is 8.36. The van der Waals surface area contributed by atoms with Gasteiger partial charge in [-0.2, -0.15) is 0 Å². The highest BCUT2D eigenvalue weighted by Crippen LogP contribution is 2.56. The number of fused-ring (bicyclic) bond motifs is 4. The molecule has 6 atom stereocenters. The van der Waals surface area contributed by atoms with E-state index < -0.39 is 5.92 Å². The normalized spacial score (nSPS) is 33.8. The Morgan fingerprint density at radius 3 is 2.07 bits per heavy atom. The quantitative estimate of drug-likeness (QED) is 0.702. The molecule has 0 bridgehead atoms. The van der Waals surface area contributed by atoms with Gasteiger partial charge in [-0.25, -0.2) is 0 Å². The van der Waals surface area contributed by atoms with Gasteiger partial charge in [-0.1, -0.05) is 67.6 Å². The highest BCUT2D eigenvalue weighted by atomic mass is 16.2. The number of hydrogen-bond donors (Lipinski definition) is 0. The minimum Gasteiger partial charge on any atom is -0.299 e. The van der Waals surface area contributed by atoms with E-state index >= 15 is 0 Å². The van der Waals surface area contributed by atoms with Gasteiger partial charge in [-0.3, -0.25) is 14.4 Å². The molecule has 0 amide bonds. The van der Waals surface area contributed by atoms with Gasteiger partial charge in [-0.15, -0.1) is 0 Å². The zero-order valence-corrected chi connectivity index (χ0v) is 16.0. The summed E-state index contributed by atoms with van der Waals surface area (Å²) in [6.45, 7) is 3.66. The van der Waals surface area contributed by atoms with Crippen LogP contribution in [0.4, 0.5) is 0 Å². The predicted octanol–water partition coefficient (Wildman–Crippen LogP) is 4.34. The molecular formula is C25H22O3. The first-order chi connectivity index (χ1) is 13.5. The molecule has 0 radical (unpaired) electrons. The van der Waals surface area contributed by atoms with Gasteiger partial charge in [0, 0.05) is 23.3 Å². The summed E-state index contributed by atoms with van der Waals surface area (Å²) in [5.74, 6) is -1.79. The molecule has 28 heavy (non-hydrogen) atoms. The summed E-state index contributed by atoms with van der Waals surface area (Å²) in [7, 11) is 0. The van der Waals surface area contributed by atoms with E-state index in [1.807, 2.05) is 61.5 Å². The summed E-state index contributed by atoms with van der Waals surface area (Å²) >= 11 is 0. The zero-order valence-electron chi connectivity index (χ0n) is 16.0. The van der Waals surface area contributed by atoms with Crippen LogP contribution in [0.5, 0.6) is 0 Å². The van der Waals surface area contributed by atoms with E-state index in [0.29, 0.717) is 0 Å². The fourth-order valence-corrected chi connectivity index (χ4v) is 5.64. The maximum absolute atomic E-state index is 13.4. The first kappa shape index (κ1) is 17.3. The summed E-state index contributed by atoms with van der Waals surface area (Å²) in [6.07, 6.45) is 2.07. The van der Waals surface area contributed by atoms with Crippen LogP contribution >= 0.6 is 0 Å². The molecule has 1 fully saturated rings. The summed E-state index contributed by atoms with van der Waals surface area (Å²) in [5, 5.41) is 0. The third-order valence-corrected chi connectivity index (χ3v) is 7.05. The molecule has 3 nitrogen and oxygen atoms in total. The molecule has 6 unspecified atom stereocenters. The summed E-state index contributed by atoms with van der Waals surface area (Å²) in [5.41, 5.74) is 3.70. The highest BCUT2D eigenvalue weighted by molar-refractivity contribution is 6.16. The zero-order chi connectivity index (χ0) is 19.6. The Kier molecular flexibility index (Phi) is 3.77. The monoisotopic (exact) mass is 370 g/mol. The Balaban J connectivity index is 1.76. The fourth-order valence-electron chi connectivity index (χ4n) is 5.64. The SMILES string of the molecule is CC1C(=O)C(C)C2C=C3c4ccccc4C(=O)C3C(c3ccccc3)C2C1=O. The van der Waals surface area contributed by atoms with Crippen LogP contribution in [0, 0.1) is 29.6 Å². The Morgan fingerprint density at radius 1 is 0.714 bits per heavy atom. The van der Waals surface area contributed by atoms with Crippen molar-refractivity contribution in [1.29, 1.82) is 0 Å². The van der Waals surface area contributed by atoms with Crippen molar-refractivity contribution in [2.75, 3.05) is 0 Å². The molecule has 0 aromatic heterocycles. The standard InChI is InChI=1S/C25H22O3/c1-13-18-12-19-16-10-6-7-11-17(16)25(28)22(19)20(15-8-4-3-5-9-15)21(18)24(27)14(2)23(13)26/h3-14,18,20-22H,1-2H3. The van der Waals surface area contributed by atoms with Gasteiger partial charge < -0.3 is 0 Å². The van der Waals surface area contributed by atoms with Crippen LogP contribution in [0.15, 0.2) is 60.7 Å². The fraction of sp³-hybridized carbons (Fsp3) is 0.320. The Hall–Kier alpha value is -2.81. The van der Waals surface area contributed by atoms with Crippen LogP contribution in [0.1, 0.15) is 41.3 Å². The van der Waals surface area contributed by atoms with Crippen molar-refractivity contribution >= 4 is 22.9 Å². The number of hydrogen-bond acceptors (Lipinski definition) is 3. The number of benzene rings is 2. The average molecular weight is 370 g/mol. The molecule has 5 rings (SSSR count). The van der Waals surface area contributed by atoms with Crippen molar-refractivity contribution < 1.29 is 14.4 Å². The molecule has 3 aliphatic rings. The van der Waals surface area contributed by atoms with E-state index in [0.717, 1.165) is 22.3 Å². The molecule has 0 spiro atoms. The summed E-state index contributed by atoms with van der Waals surface area (Å²) < 4.78 is 0. The van der Waals surface area contributed by atoms with Gasteiger partial charge in [0.1, 0.15) is 11.6 Å². The highest BCUT2D eigenvalue weighted by Gasteiger charge is 2.56. The van der Waals surface area contributed by atoms with Crippen LogP contribution in [-0.4, -0.2) is 17.3 Å². The van der Waals surface area contributed by atoms with Crippen molar-refractivity contribution in [3.8, 4) is 0 Å². The maximum Gasteiger partial charge on any atom is 0.171 e. The lowest BCUT2D eigenvalue weighted by atomic mass is 9.55. The van der Waals surface area contributed by atoms with Crippen molar-refractivity contribution in [2.45, 2.75) is 19.8 Å². The van der Waals surface area contributed by atoms with Gasteiger partial charge in [0.25, 0.3) is 0 Å². The van der Waals surface area contributed by atoms with Gasteiger partial charge in [0.05, 0.1) is 11.8 Å². The minimum atomic E-state index is -0.601. The van der Waals surface area contributed by atoms with Crippen molar-refractivity contribution in [1.82, 2.24) is 0 Å². The third-order valence-electron chi connectivity index (χ3n) is 7.05. The molecule has 0 aliphatic heterocycles. The first-order valence-corrected chi connectivity index (χ1v) is 9.98. The molecule has 3 heteroatoms. The second-order valence-corrected chi connectivity index (χ2v) is 8.36. The molecule has 2 aromatic carbocycles. The topological polar surface area (TPSA) is 51.2 Å².